The van der Waals surface area contributed by atoms with Crippen LogP contribution < -0.4 is 0 Å². The normalized spacial score (nSPS) is 13.7. The van der Waals surface area contributed by atoms with Gasteiger partial charge in [0.25, 0.3) is 0 Å². The molecule has 1 aromatic rings. The van der Waals surface area contributed by atoms with Gasteiger partial charge in [-0.15, -0.1) is 12.3 Å². The van der Waals surface area contributed by atoms with Crippen molar-refractivity contribution in [3.8, 4) is 0 Å². The average molecular weight is 200 g/mol. The monoisotopic (exact) mass is 200 g/mol. The summed E-state index contributed by atoms with van der Waals surface area (Å²) in [7, 11) is 0. The summed E-state index contributed by atoms with van der Waals surface area (Å²) in [5, 5.41) is 10.3. The van der Waals surface area contributed by atoms with Crippen LogP contribution in [0.4, 0.5) is 0 Å². The van der Waals surface area contributed by atoms with Crippen LogP contribution in [0.2, 0.25) is 0 Å². The second-order valence-corrected chi connectivity index (χ2v) is 3.63. The van der Waals surface area contributed by atoms with Crippen LogP contribution >= 0.6 is 0 Å². The summed E-state index contributed by atoms with van der Waals surface area (Å²) < 4.78 is 0. The molecule has 0 saturated heterocycles. The van der Waals surface area contributed by atoms with E-state index >= 15 is 0 Å². The van der Waals surface area contributed by atoms with Crippen LogP contribution in [0.1, 0.15) is 17.5 Å². The first-order valence-corrected chi connectivity index (χ1v) is 4.90. The van der Waals surface area contributed by atoms with Gasteiger partial charge in [0.05, 0.1) is 0 Å². The van der Waals surface area contributed by atoms with Crippen molar-refractivity contribution < 1.29 is 5.11 Å². The van der Waals surface area contributed by atoms with Crippen LogP contribution in [0, 0.1) is 6.92 Å². The molecule has 1 atom stereocenters. The number of hydrogen-bond donors (Lipinski definition) is 1. The summed E-state index contributed by atoms with van der Waals surface area (Å²) in [6.07, 6.45) is 3.71. The highest BCUT2D eigenvalue weighted by Crippen LogP contribution is 2.26. The van der Waals surface area contributed by atoms with E-state index in [1.54, 1.807) is 12.2 Å². The summed E-state index contributed by atoms with van der Waals surface area (Å²) in [5.41, 5.74) is 3.61. The van der Waals surface area contributed by atoms with Crippen molar-refractivity contribution in [2.75, 3.05) is 0 Å². The van der Waals surface area contributed by atoms with Crippen molar-refractivity contribution in [2.45, 2.75) is 18.9 Å². The highest BCUT2D eigenvalue weighted by Gasteiger charge is 2.23. The lowest BCUT2D eigenvalue weighted by atomic mass is 9.90. The third kappa shape index (κ3) is 2.69. The van der Waals surface area contributed by atoms with Crippen LogP contribution in [-0.2, 0) is 5.60 Å². The maximum absolute atomic E-state index is 10.3. The summed E-state index contributed by atoms with van der Waals surface area (Å²) in [6.45, 7) is 9.15. The van der Waals surface area contributed by atoms with Gasteiger partial charge in [0.1, 0.15) is 5.60 Å². The molecular weight excluding hydrogens is 184 g/mol. The Bertz CT molecular complexity index is 382. The number of rotatable bonds is 4. The average Bonchev–Trinajstić information content (AvgIpc) is 2.19. The zero-order chi connectivity index (χ0) is 11.3. The maximum atomic E-state index is 10.3. The van der Waals surface area contributed by atoms with E-state index in [-0.39, 0.29) is 0 Å². The molecule has 0 bridgehead atoms. The van der Waals surface area contributed by atoms with Crippen LogP contribution in [0.25, 0.3) is 0 Å². The summed E-state index contributed by atoms with van der Waals surface area (Å²) >= 11 is 0. The van der Waals surface area contributed by atoms with E-state index < -0.39 is 5.60 Å². The molecule has 1 unspecified atom stereocenters. The fourth-order valence-electron chi connectivity index (χ4n) is 1.49. The van der Waals surface area contributed by atoms with Gasteiger partial charge in [0, 0.05) is 6.42 Å². The number of hydrogen-bond acceptors (Lipinski definition) is 1. The largest absolute Gasteiger partial charge is 0.380 e. The van der Waals surface area contributed by atoms with Gasteiger partial charge in [0.2, 0.25) is 0 Å². The minimum Gasteiger partial charge on any atom is -0.380 e. The van der Waals surface area contributed by atoms with E-state index in [2.05, 4.69) is 18.9 Å². The highest BCUT2D eigenvalue weighted by atomic mass is 16.3. The molecule has 0 saturated carbocycles. The van der Waals surface area contributed by atoms with Crippen molar-refractivity contribution in [3.05, 3.63) is 66.4 Å². The van der Waals surface area contributed by atoms with E-state index in [1.807, 2.05) is 31.2 Å². The van der Waals surface area contributed by atoms with Crippen molar-refractivity contribution in [1.29, 1.82) is 0 Å². The Balaban J connectivity index is 3.14. The Labute approximate surface area is 91.1 Å². The first-order chi connectivity index (χ1) is 7.12. The summed E-state index contributed by atoms with van der Waals surface area (Å²) in [4.78, 5) is 0. The van der Waals surface area contributed by atoms with Gasteiger partial charge in [0.15, 0.2) is 0 Å². The molecule has 15 heavy (non-hydrogen) atoms. The lowest BCUT2D eigenvalue weighted by molar-refractivity contribution is 0.0932. The van der Waals surface area contributed by atoms with Crippen molar-refractivity contribution in [3.63, 3.8) is 0 Å². The molecule has 0 spiro atoms. The van der Waals surface area contributed by atoms with Gasteiger partial charge in [-0.05, 0) is 18.6 Å². The predicted molar refractivity (Wildman–Crippen MR) is 63.6 cm³/mol. The van der Waals surface area contributed by atoms with Gasteiger partial charge in [-0.1, -0.05) is 42.5 Å². The zero-order valence-electron chi connectivity index (χ0n) is 9.03. The van der Waals surface area contributed by atoms with E-state index in [0.29, 0.717) is 6.42 Å². The van der Waals surface area contributed by atoms with Gasteiger partial charge < -0.3 is 5.11 Å². The predicted octanol–water partition coefficient (Wildman–Crippen LogP) is 3.10. The first kappa shape index (κ1) is 11.5. The number of aliphatic hydroxyl groups is 1. The molecule has 78 valence electrons. The Kier molecular flexibility index (Phi) is 3.68. The molecule has 1 N–H and O–H groups in total. The van der Waals surface area contributed by atoms with Crippen LogP contribution in [0.5, 0.6) is 0 Å². The Morgan fingerprint density at radius 3 is 2.47 bits per heavy atom. The van der Waals surface area contributed by atoms with Crippen LogP contribution in [-0.4, -0.2) is 5.11 Å². The van der Waals surface area contributed by atoms with Gasteiger partial charge in [-0.2, -0.15) is 0 Å². The van der Waals surface area contributed by atoms with E-state index in [9.17, 15) is 5.11 Å². The Morgan fingerprint density at radius 1 is 1.40 bits per heavy atom. The summed E-state index contributed by atoms with van der Waals surface area (Å²) in [6, 6.07) is 7.76. The second-order valence-electron chi connectivity index (χ2n) is 3.63. The van der Waals surface area contributed by atoms with Gasteiger partial charge in [-0.25, -0.2) is 0 Å². The third-order valence-corrected chi connectivity index (χ3v) is 2.35. The van der Waals surface area contributed by atoms with E-state index in [4.69, 9.17) is 0 Å². The van der Waals surface area contributed by atoms with Crippen molar-refractivity contribution in [1.82, 2.24) is 0 Å². The zero-order valence-corrected chi connectivity index (χ0v) is 9.03. The van der Waals surface area contributed by atoms with Gasteiger partial charge in [-0.3, -0.25) is 0 Å². The molecule has 0 aromatic heterocycles. The molecule has 0 amide bonds. The minimum absolute atomic E-state index is 0.457. The SMILES string of the molecule is C=C=CC(O)(CC=C)c1ccc(C)cc1. The molecular formula is C14H16O. The molecule has 0 aliphatic carbocycles. The second kappa shape index (κ2) is 4.79. The molecule has 1 heteroatoms. The lowest BCUT2D eigenvalue weighted by Crippen LogP contribution is -2.21. The minimum atomic E-state index is -1.03. The van der Waals surface area contributed by atoms with Crippen molar-refractivity contribution in [2.24, 2.45) is 0 Å². The quantitative estimate of drug-likeness (QED) is 0.585. The first-order valence-electron chi connectivity index (χ1n) is 4.90. The van der Waals surface area contributed by atoms with Gasteiger partial charge >= 0.3 is 0 Å². The summed E-state index contributed by atoms with van der Waals surface area (Å²) in [5.74, 6) is 0. The molecule has 1 nitrogen and oxygen atoms in total. The molecule has 0 radical (unpaired) electrons. The highest BCUT2D eigenvalue weighted by molar-refractivity contribution is 5.30. The Hall–Kier alpha value is -1.56. The molecule has 1 rings (SSSR count). The van der Waals surface area contributed by atoms with Crippen LogP contribution in [0.3, 0.4) is 0 Å². The third-order valence-electron chi connectivity index (χ3n) is 2.35. The van der Waals surface area contributed by atoms with E-state index in [1.165, 1.54) is 5.56 Å². The molecule has 0 heterocycles. The topological polar surface area (TPSA) is 20.2 Å². The lowest BCUT2D eigenvalue weighted by Gasteiger charge is -2.22. The van der Waals surface area contributed by atoms with Crippen molar-refractivity contribution >= 4 is 0 Å². The standard InChI is InChI=1S/C14H16O/c1-4-10-14(15,11-5-2)13-8-6-12(3)7-9-13/h4,6-9,11,15H,1-2,10H2,3H3. The fraction of sp³-hybridized carbons (Fsp3) is 0.214. The van der Waals surface area contributed by atoms with E-state index in [0.717, 1.165) is 5.56 Å². The molecule has 1 aromatic carbocycles. The number of aryl methyl sites for hydroxylation is 1. The maximum Gasteiger partial charge on any atom is 0.118 e. The number of benzene rings is 1. The van der Waals surface area contributed by atoms with Crippen LogP contribution in [0.15, 0.2) is 55.3 Å². The molecule has 0 aliphatic rings. The Morgan fingerprint density at radius 2 is 2.00 bits per heavy atom. The molecule has 0 aliphatic heterocycles. The fourth-order valence-corrected chi connectivity index (χ4v) is 1.49. The smallest absolute Gasteiger partial charge is 0.118 e. The molecule has 0 fully saturated rings.